The third-order valence-corrected chi connectivity index (χ3v) is 6.71. The summed E-state index contributed by atoms with van der Waals surface area (Å²) in [6.07, 6.45) is 9.76. The first-order valence-electron chi connectivity index (χ1n) is 13.5. The summed E-state index contributed by atoms with van der Waals surface area (Å²) in [7, 11) is 0. The monoisotopic (exact) mass is 505 g/mol. The van der Waals surface area contributed by atoms with E-state index in [9.17, 15) is 4.79 Å². The lowest BCUT2D eigenvalue weighted by molar-refractivity contribution is -0.165. The molecule has 1 unspecified atom stereocenters. The number of allylic oxidation sites excluding steroid dienone is 1. The topological polar surface area (TPSA) is 57.2 Å². The molecule has 198 valence electrons. The Labute approximate surface area is 220 Å². The second-order valence-electron chi connectivity index (χ2n) is 9.46. The van der Waals surface area contributed by atoms with Gasteiger partial charge in [-0.05, 0) is 98.9 Å². The van der Waals surface area contributed by atoms with Crippen molar-refractivity contribution in [3.05, 3.63) is 78.1 Å². The molecule has 37 heavy (non-hydrogen) atoms. The van der Waals surface area contributed by atoms with E-state index in [4.69, 9.17) is 18.9 Å². The molecule has 4 rings (SSSR count). The van der Waals surface area contributed by atoms with Gasteiger partial charge in [0.2, 0.25) is 0 Å². The Kier molecular flexibility index (Phi) is 9.80. The molecule has 0 bridgehead atoms. The lowest BCUT2D eigenvalue weighted by Crippen LogP contribution is -2.34. The Morgan fingerprint density at radius 3 is 2.57 bits per heavy atom. The van der Waals surface area contributed by atoms with Gasteiger partial charge in [-0.3, -0.25) is 4.79 Å². The molecule has 6 nitrogen and oxygen atoms in total. The van der Waals surface area contributed by atoms with Crippen molar-refractivity contribution in [2.45, 2.75) is 64.6 Å². The van der Waals surface area contributed by atoms with Gasteiger partial charge in [0.05, 0.1) is 6.61 Å². The van der Waals surface area contributed by atoms with Crippen LogP contribution in [-0.4, -0.2) is 38.6 Å². The Morgan fingerprint density at radius 2 is 1.92 bits per heavy atom. The number of carbonyl (C=O) groups is 1. The van der Waals surface area contributed by atoms with Crippen LogP contribution < -0.4 is 14.4 Å². The summed E-state index contributed by atoms with van der Waals surface area (Å²) in [4.78, 5) is 15.2. The zero-order valence-corrected chi connectivity index (χ0v) is 22.1. The molecule has 1 aliphatic heterocycles. The Hall–Kier alpha value is -3.09. The minimum Gasteiger partial charge on any atom is -0.491 e. The smallest absolute Gasteiger partial charge is 0.293 e. The number of anilines is 1. The van der Waals surface area contributed by atoms with E-state index in [-0.39, 0.29) is 18.0 Å². The molecule has 1 amide bonds. The maximum atomic E-state index is 13.5. The van der Waals surface area contributed by atoms with Crippen LogP contribution >= 0.6 is 0 Å². The maximum Gasteiger partial charge on any atom is 0.293 e. The molecule has 6 heteroatoms. The van der Waals surface area contributed by atoms with E-state index in [1.54, 1.807) is 17.1 Å². The van der Waals surface area contributed by atoms with Crippen LogP contribution in [0, 0.1) is 0 Å². The SMILES string of the molecule is C=CCN(C(=O)/C(=C/C)Oc1ccc(C2CC2)cc1)c1ccc(OCCOC2CCCCO2)c(CC)c1. The number of hydrogen-bond donors (Lipinski definition) is 0. The van der Waals surface area contributed by atoms with Gasteiger partial charge in [0.1, 0.15) is 18.1 Å². The third-order valence-electron chi connectivity index (χ3n) is 6.71. The van der Waals surface area contributed by atoms with Gasteiger partial charge in [-0.2, -0.15) is 0 Å². The van der Waals surface area contributed by atoms with Crippen LogP contribution in [0.15, 0.2) is 67.0 Å². The number of nitrogens with zero attached hydrogens (tertiary/aromatic N) is 1. The van der Waals surface area contributed by atoms with Crippen molar-refractivity contribution in [1.82, 2.24) is 0 Å². The van der Waals surface area contributed by atoms with E-state index in [2.05, 4.69) is 25.6 Å². The minimum absolute atomic E-state index is 0.122. The van der Waals surface area contributed by atoms with Crippen molar-refractivity contribution in [2.75, 3.05) is 31.3 Å². The van der Waals surface area contributed by atoms with Gasteiger partial charge < -0.3 is 23.8 Å². The average Bonchev–Trinajstić information content (AvgIpc) is 3.79. The summed E-state index contributed by atoms with van der Waals surface area (Å²) in [5, 5.41) is 0. The van der Waals surface area contributed by atoms with Crippen LogP contribution in [-0.2, 0) is 20.7 Å². The maximum absolute atomic E-state index is 13.5. The highest BCUT2D eigenvalue weighted by molar-refractivity contribution is 6.04. The number of ether oxygens (including phenoxy) is 4. The second kappa shape index (κ2) is 13.5. The molecule has 1 saturated carbocycles. The Balaban J connectivity index is 1.40. The number of benzene rings is 2. The van der Waals surface area contributed by atoms with E-state index < -0.39 is 0 Å². The van der Waals surface area contributed by atoms with E-state index in [0.29, 0.717) is 31.4 Å². The second-order valence-corrected chi connectivity index (χ2v) is 9.46. The molecule has 0 aromatic heterocycles. The van der Waals surface area contributed by atoms with Crippen LogP contribution in [0.2, 0.25) is 0 Å². The van der Waals surface area contributed by atoms with Crippen molar-refractivity contribution in [2.24, 2.45) is 0 Å². The Bertz CT molecular complexity index is 1070. The Morgan fingerprint density at radius 1 is 1.11 bits per heavy atom. The number of aryl methyl sites for hydroxylation is 1. The molecule has 2 fully saturated rings. The summed E-state index contributed by atoms with van der Waals surface area (Å²) >= 11 is 0. The fourth-order valence-corrected chi connectivity index (χ4v) is 4.47. The fourth-order valence-electron chi connectivity index (χ4n) is 4.47. The highest BCUT2D eigenvalue weighted by Gasteiger charge is 2.24. The van der Waals surface area contributed by atoms with Gasteiger partial charge >= 0.3 is 0 Å². The predicted molar refractivity (Wildman–Crippen MR) is 146 cm³/mol. The number of carbonyl (C=O) groups excluding carboxylic acids is 1. The molecule has 2 aromatic rings. The van der Waals surface area contributed by atoms with E-state index in [0.717, 1.165) is 49.3 Å². The van der Waals surface area contributed by atoms with Crippen LogP contribution in [0.4, 0.5) is 5.69 Å². The summed E-state index contributed by atoms with van der Waals surface area (Å²) < 4.78 is 23.4. The van der Waals surface area contributed by atoms with Crippen LogP contribution in [0.25, 0.3) is 0 Å². The van der Waals surface area contributed by atoms with E-state index >= 15 is 0 Å². The van der Waals surface area contributed by atoms with Crippen molar-refractivity contribution >= 4 is 11.6 Å². The standard InChI is InChI=1S/C31H39NO5/c1-4-18-32(31(33)28(6-3)37-27-15-12-25(13-16-27)24-10-11-24)26-14-17-29(23(5-2)22-26)34-20-21-36-30-9-7-8-19-35-30/h4,6,12-17,22,24,30H,1,5,7-11,18-21H2,2-3H3/b28-6-. The number of rotatable bonds is 13. The summed E-state index contributed by atoms with van der Waals surface area (Å²) in [5.41, 5.74) is 3.12. The zero-order valence-electron chi connectivity index (χ0n) is 22.1. The normalized spacial score (nSPS) is 17.8. The first-order chi connectivity index (χ1) is 18.1. The molecule has 2 aliphatic rings. The average molecular weight is 506 g/mol. The zero-order chi connectivity index (χ0) is 26.0. The number of amides is 1. The molecule has 0 N–H and O–H groups in total. The quantitative estimate of drug-likeness (QED) is 0.134. The van der Waals surface area contributed by atoms with Crippen molar-refractivity contribution < 1.29 is 23.7 Å². The molecule has 0 spiro atoms. The van der Waals surface area contributed by atoms with E-state index in [1.807, 2.05) is 37.3 Å². The lowest BCUT2D eigenvalue weighted by Gasteiger charge is -2.24. The summed E-state index contributed by atoms with van der Waals surface area (Å²) in [6, 6.07) is 13.9. The van der Waals surface area contributed by atoms with Gasteiger partial charge in [-0.25, -0.2) is 0 Å². The predicted octanol–water partition coefficient (Wildman–Crippen LogP) is 6.55. The molecular weight excluding hydrogens is 466 g/mol. The molecule has 1 heterocycles. The molecule has 1 aliphatic carbocycles. The van der Waals surface area contributed by atoms with Crippen molar-refractivity contribution in [3.8, 4) is 11.5 Å². The van der Waals surface area contributed by atoms with Gasteiger partial charge in [0, 0.05) is 18.8 Å². The largest absolute Gasteiger partial charge is 0.491 e. The first kappa shape index (κ1) is 27.0. The molecule has 2 aromatic carbocycles. The highest BCUT2D eigenvalue weighted by atomic mass is 16.7. The highest BCUT2D eigenvalue weighted by Crippen LogP contribution is 2.40. The fraction of sp³-hybridized carbons (Fsp3) is 0.452. The minimum atomic E-state index is -0.217. The molecular formula is C31H39NO5. The van der Waals surface area contributed by atoms with Crippen molar-refractivity contribution in [1.29, 1.82) is 0 Å². The van der Waals surface area contributed by atoms with Gasteiger partial charge in [0.25, 0.3) is 5.91 Å². The molecule has 1 atom stereocenters. The lowest BCUT2D eigenvalue weighted by atomic mass is 10.1. The van der Waals surface area contributed by atoms with Gasteiger partial charge in [-0.15, -0.1) is 6.58 Å². The molecule has 1 saturated heterocycles. The van der Waals surface area contributed by atoms with E-state index in [1.165, 1.54) is 18.4 Å². The van der Waals surface area contributed by atoms with Crippen LogP contribution in [0.1, 0.15) is 63.0 Å². The molecule has 0 radical (unpaired) electrons. The third kappa shape index (κ3) is 7.46. The van der Waals surface area contributed by atoms with Crippen molar-refractivity contribution in [3.63, 3.8) is 0 Å². The summed E-state index contributed by atoms with van der Waals surface area (Å²) in [5.74, 6) is 2.19. The van der Waals surface area contributed by atoms with Crippen LogP contribution in [0.5, 0.6) is 11.5 Å². The van der Waals surface area contributed by atoms with Gasteiger partial charge in [0.15, 0.2) is 12.0 Å². The van der Waals surface area contributed by atoms with Crippen LogP contribution in [0.3, 0.4) is 0 Å². The summed E-state index contributed by atoms with van der Waals surface area (Å²) in [6.45, 7) is 9.78. The van der Waals surface area contributed by atoms with Gasteiger partial charge in [-0.1, -0.05) is 25.1 Å². The first-order valence-corrected chi connectivity index (χ1v) is 13.5. The number of hydrogen-bond acceptors (Lipinski definition) is 5.